The fourth-order valence-corrected chi connectivity index (χ4v) is 1.54. The monoisotopic (exact) mass is 183 g/mol. The summed E-state index contributed by atoms with van der Waals surface area (Å²) in [7, 11) is 0. The molecule has 4 heteroatoms. The van der Waals surface area contributed by atoms with E-state index in [1.165, 1.54) is 6.34 Å². The first-order valence-electron chi connectivity index (χ1n) is 4.80. The SMILES string of the molecule is CCC(=O)N1CCCN(C=N)CC1. The first kappa shape index (κ1) is 10.0. The molecule has 0 aliphatic carbocycles. The molecule has 1 aliphatic rings. The molecule has 1 N–H and O–H groups in total. The van der Waals surface area contributed by atoms with Crippen LogP contribution in [0.5, 0.6) is 0 Å². The van der Waals surface area contributed by atoms with Crippen LogP contribution in [0.3, 0.4) is 0 Å². The number of nitrogens with zero attached hydrogens (tertiary/aromatic N) is 2. The van der Waals surface area contributed by atoms with Gasteiger partial charge in [-0.2, -0.15) is 0 Å². The molecular formula is C9H17N3O. The molecule has 1 fully saturated rings. The summed E-state index contributed by atoms with van der Waals surface area (Å²) < 4.78 is 0. The second-order valence-electron chi connectivity index (χ2n) is 3.25. The predicted octanol–water partition coefficient (Wildman–Crippen LogP) is 0.538. The van der Waals surface area contributed by atoms with Crippen molar-refractivity contribution >= 4 is 12.2 Å². The number of amides is 1. The lowest BCUT2D eigenvalue weighted by Crippen LogP contribution is -2.34. The number of rotatable bonds is 2. The van der Waals surface area contributed by atoms with Crippen molar-refractivity contribution < 1.29 is 4.79 Å². The van der Waals surface area contributed by atoms with Crippen molar-refractivity contribution in [2.24, 2.45) is 0 Å². The fraction of sp³-hybridized carbons (Fsp3) is 0.778. The van der Waals surface area contributed by atoms with Gasteiger partial charge in [-0.05, 0) is 6.42 Å². The van der Waals surface area contributed by atoms with E-state index in [1.54, 1.807) is 0 Å². The van der Waals surface area contributed by atoms with Crippen LogP contribution in [0.15, 0.2) is 0 Å². The van der Waals surface area contributed by atoms with E-state index in [2.05, 4.69) is 0 Å². The van der Waals surface area contributed by atoms with Gasteiger partial charge in [-0.3, -0.25) is 10.2 Å². The molecule has 0 aromatic rings. The van der Waals surface area contributed by atoms with Crippen molar-refractivity contribution in [3.05, 3.63) is 0 Å². The van der Waals surface area contributed by atoms with Gasteiger partial charge in [0.1, 0.15) is 0 Å². The average molecular weight is 183 g/mol. The Kier molecular flexibility index (Phi) is 3.73. The lowest BCUT2D eigenvalue weighted by atomic mass is 10.3. The Hall–Kier alpha value is -1.06. The van der Waals surface area contributed by atoms with E-state index in [-0.39, 0.29) is 5.91 Å². The minimum atomic E-state index is 0.229. The smallest absolute Gasteiger partial charge is 0.222 e. The van der Waals surface area contributed by atoms with Crippen molar-refractivity contribution in [2.45, 2.75) is 19.8 Å². The van der Waals surface area contributed by atoms with Gasteiger partial charge in [-0.25, -0.2) is 0 Å². The summed E-state index contributed by atoms with van der Waals surface area (Å²) in [5.74, 6) is 0.229. The summed E-state index contributed by atoms with van der Waals surface area (Å²) in [6, 6.07) is 0. The molecule has 0 radical (unpaired) electrons. The molecule has 1 aliphatic heterocycles. The zero-order chi connectivity index (χ0) is 9.68. The molecule has 1 saturated heterocycles. The Morgan fingerprint density at radius 1 is 1.38 bits per heavy atom. The molecule has 0 aromatic carbocycles. The molecule has 0 aromatic heterocycles. The molecule has 0 spiro atoms. The summed E-state index contributed by atoms with van der Waals surface area (Å²) in [5, 5.41) is 7.11. The van der Waals surface area contributed by atoms with Crippen molar-refractivity contribution in [1.29, 1.82) is 5.41 Å². The van der Waals surface area contributed by atoms with Crippen molar-refractivity contribution in [3.63, 3.8) is 0 Å². The zero-order valence-electron chi connectivity index (χ0n) is 8.12. The second-order valence-corrected chi connectivity index (χ2v) is 3.25. The minimum absolute atomic E-state index is 0.229. The third-order valence-corrected chi connectivity index (χ3v) is 2.37. The van der Waals surface area contributed by atoms with Gasteiger partial charge in [0.2, 0.25) is 5.91 Å². The number of hydrogen-bond donors (Lipinski definition) is 1. The second kappa shape index (κ2) is 4.84. The largest absolute Gasteiger partial charge is 0.361 e. The van der Waals surface area contributed by atoms with Gasteiger partial charge in [0.15, 0.2) is 0 Å². The molecule has 0 unspecified atom stereocenters. The summed E-state index contributed by atoms with van der Waals surface area (Å²) in [6.45, 7) is 5.20. The van der Waals surface area contributed by atoms with Crippen LogP contribution in [0, 0.1) is 5.41 Å². The molecule has 0 atom stereocenters. The molecule has 1 heterocycles. The average Bonchev–Trinajstić information content (AvgIpc) is 2.41. The van der Waals surface area contributed by atoms with Crippen LogP contribution in [0.4, 0.5) is 0 Å². The maximum Gasteiger partial charge on any atom is 0.222 e. The van der Waals surface area contributed by atoms with E-state index in [4.69, 9.17) is 5.41 Å². The van der Waals surface area contributed by atoms with Crippen LogP contribution in [-0.4, -0.2) is 48.2 Å². The Morgan fingerprint density at radius 3 is 2.77 bits per heavy atom. The number of carbonyl (C=O) groups is 1. The Balaban J connectivity index is 2.44. The molecule has 4 nitrogen and oxygen atoms in total. The van der Waals surface area contributed by atoms with E-state index in [9.17, 15) is 4.79 Å². The first-order chi connectivity index (χ1) is 6.27. The molecule has 1 rings (SSSR count). The Labute approximate surface area is 79.0 Å². The third kappa shape index (κ3) is 2.72. The minimum Gasteiger partial charge on any atom is -0.361 e. The van der Waals surface area contributed by atoms with Gasteiger partial charge in [0.05, 0.1) is 6.34 Å². The normalized spacial score (nSPS) is 18.2. The lowest BCUT2D eigenvalue weighted by molar-refractivity contribution is -0.130. The van der Waals surface area contributed by atoms with Crippen LogP contribution < -0.4 is 0 Å². The van der Waals surface area contributed by atoms with E-state index in [0.717, 1.165) is 32.6 Å². The highest BCUT2D eigenvalue weighted by atomic mass is 16.2. The van der Waals surface area contributed by atoms with E-state index < -0.39 is 0 Å². The van der Waals surface area contributed by atoms with Gasteiger partial charge < -0.3 is 9.80 Å². The quantitative estimate of drug-likeness (QED) is 0.501. The standard InChI is InChI=1S/C9H17N3O/c1-2-9(13)12-5-3-4-11(8-10)6-7-12/h8,10H,2-7H2,1H3. The van der Waals surface area contributed by atoms with Crippen molar-refractivity contribution in [3.8, 4) is 0 Å². The maximum atomic E-state index is 11.4. The van der Waals surface area contributed by atoms with Crippen LogP contribution in [-0.2, 0) is 4.79 Å². The lowest BCUT2D eigenvalue weighted by Gasteiger charge is -2.19. The van der Waals surface area contributed by atoms with Gasteiger partial charge in [0.25, 0.3) is 0 Å². The van der Waals surface area contributed by atoms with Crippen LogP contribution in [0.1, 0.15) is 19.8 Å². The maximum absolute atomic E-state index is 11.4. The van der Waals surface area contributed by atoms with Crippen LogP contribution in [0.25, 0.3) is 0 Å². The highest BCUT2D eigenvalue weighted by Gasteiger charge is 2.15. The van der Waals surface area contributed by atoms with Crippen molar-refractivity contribution in [1.82, 2.24) is 9.80 Å². The van der Waals surface area contributed by atoms with Gasteiger partial charge in [-0.15, -0.1) is 0 Å². The van der Waals surface area contributed by atoms with Crippen LogP contribution >= 0.6 is 0 Å². The van der Waals surface area contributed by atoms with E-state index >= 15 is 0 Å². The van der Waals surface area contributed by atoms with E-state index in [0.29, 0.717) is 6.42 Å². The van der Waals surface area contributed by atoms with Crippen molar-refractivity contribution in [2.75, 3.05) is 26.2 Å². The molecule has 1 amide bonds. The predicted molar refractivity (Wildman–Crippen MR) is 51.8 cm³/mol. The summed E-state index contributed by atoms with van der Waals surface area (Å²) in [6.07, 6.45) is 2.92. The molecule has 13 heavy (non-hydrogen) atoms. The topological polar surface area (TPSA) is 47.4 Å². The van der Waals surface area contributed by atoms with Gasteiger partial charge in [0, 0.05) is 32.6 Å². The Morgan fingerprint density at radius 2 is 2.15 bits per heavy atom. The Bertz CT molecular complexity index is 193. The molecule has 0 saturated carbocycles. The molecule has 0 bridgehead atoms. The van der Waals surface area contributed by atoms with Gasteiger partial charge >= 0.3 is 0 Å². The number of nitrogens with one attached hydrogen (secondary N) is 1. The number of carbonyl (C=O) groups excluding carboxylic acids is 1. The fourth-order valence-electron chi connectivity index (χ4n) is 1.54. The highest BCUT2D eigenvalue weighted by molar-refractivity contribution is 5.75. The summed E-state index contributed by atoms with van der Waals surface area (Å²) in [4.78, 5) is 15.2. The third-order valence-electron chi connectivity index (χ3n) is 2.37. The summed E-state index contributed by atoms with van der Waals surface area (Å²) in [5.41, 5.74) is 0. The highest BCUT2D eigenvalue weighted by Crippen LogP contribution is 2.02. The van der Waals surface area contributed by atoms with Crippen LogP contribution in [0.2, 0.25) is 0 Å². The summed E-state index contributed by atoms with van der Waals surface area (Å²) >= 11 is 0. The first-order valence-corrected chi connectivity index (χ1v) is 4.80. The zero-order valence-corrected chi connectivity index (χ0v) is 8.12. The van der Waals surface area contributed by atoms with Gasteiger partial charge in [-0.1, -0.05) is 6.92 Å². The van der Waals surface area contributed by atoms with E-state index in [1.807, 2.05) is 16.7 Å². The number of hydrogen-bond acceptors (Lipinski definition) is 2. The molecular weight excluding hydrogens is 166 g/mol. The molecule has 74 valence electrons.